The Balaban J connectivity index is 1.84. The minimum Gasteiger partial charge on any atom is -0.369 e. The summed E-state index contributed by atoms with van der Waals surface area (Å²) in [7, 11) is 1.59. The van der Waals surface area contributed by atoms with Crippen molar-refractivity contribution in [2.45, 2.75) is 26.8 Å². The molecule has 2 N–H and O–H groups in total. The van der Waals surface area contributed by atoms with Gasteiger partial charge in [-0.15, -0.1) is 0 Å². The summed E-state index contributed by atoms with van der Waals surface area (Å²) in [6.07, 6.45) is 0. The van der Waals surface area contributed by atoms with Crippen molar-refractivity contribution < 1.29 is 9.59 Å². The van der Waals surface area contributed by atoms with Gasteiger partial charge in [0.25, 0.3) is 0 Å². The number of amides is 2. The summed E-state index contributed by atoms with van der Waals surface area (Å²) in [5.74, 6) is -0.258. The second kappa shape index (κ2) is 8.34. The van der Waals surface area contributed by atoms with Gasteiger partial charge in [0.15, 0.2) is 0 Å². The molecule has 2 rings (SSSR count). The average molecular weight is 346 g/mol. The number of nitrogens with one attached hydrogen (secondary N) is 2. The summed E-state index contributed by atoms with van der Waals surface area (Å²) in [5.41, 5.74) is 0.890. The van der Waals surface area contributed by atoms with Gasteiger partial charge < -0.3 is 15.5 Å². The Hall–Kier alpha value is -2.08. The van der Waals surface area contributed by atoms with Gasteiger partial charge in [-0.2, -0.15) is 0 Å². The van der Waals surface area contributed by atoms with Gasteiger partial charge >= 0.3 is 0 Å². The van der Waals surface area contributed by atoms with Gasteiger partial charge in [0.05, 0.1) is 6.54 Å². The van der Waals surface area contributed by atoms with E-state index in [1.165, 1.54) is 5.69 Å². The number of nitrogens with zero attached hydrogens (tertiary/aromatic N) is 2. The highest BCUT2D eigenvalue weighted by molar-refractivity contribution is 5.88. The van der Waals surface area contributed by atoms with Gasteiger partial charge in [-0.1, -0.05) is 39.0 Å². The average Bonchev–Trinajstić information content (AvgIpc) is 2.59. The number of carbonyl (C=O) groups is 2. The highest BCUT2D eigenvalue weighted by Crippen LogP contribution is 2.19. The molecule has 0 spiro atoms. The molecule has 0 saturated carbocycles. The zero-order valence-electron chi connectivity index (χ0n) is 15.7. The first-order chi connectivity index (χ1) is 11.8. The second-order valence-electron chi connectivity index (χ2n) is 7.58. The van der Waals surface area contributed by atoms with Crippen molar-refractivity contribution in [3.05, 3.63) is 30.3 Å². The fourth-order valence-electron chi connectivity index (χ4n) is 3.03. The summed E-state index contributed by atoms with van der Waals surface area (Å²) < 4.78 is 0. The third-order valence-corrected chi connectivity index (χ3v) is 4.54. The van der Waals surface area contributed by atoms with Crippen LogP contribution in [0.1, 0.15) is 20.8 Å². The minimum atomic E-state index is -0.532. The van der Waals surface area contributed by atoms with Gasteiger partial charge in [0.1, 0.15) is 6.04 Å². The Kier molecular flexibility index (Phi) is 6.42. The molecule has 0 bridgehead atoms. The van der Waals surface area contributed by atoms with E-state index in [9.17, 15) is 9.59 Å². The van der Waals surface area contributed by atoms with Gasteiger partial charge in [-0.25, -0.2) is 0 Å². The van der Waals surface area contributed by atoms with Crippen LogP contribution in [0.4, 0.5) is 5.69 Å². The number of hydrogen-bond donors (Lipinski definition) is 2. The van der Waals surface area contributed by atoms with E-state index >= 15 is 0 Å². The van der Waals surface area contributed by atoms with Crippen molar-refractivity contribution in [2.75, 3.05) is 44.7 Å². The van der Waals surface area contributed by atoms with Crippen molar-refractivity contribution in [1.82, 2.24) is 15.5 Å². The van der Waals surface area contributed by atoms with E-state index in [1.54, 1.807) is 7.05 Å². The lowest BCUT2D eigenvalue weighted by Crippen LogP contribution is -2.56. The van der Waals surface area contributed by atoms with Crippen LogP contribution in [0, 0.1) is 5.41 Å². The summed E-state index contributed by atoms with van der Waals surface area (Å²) in [6, 6.07) is 9.79. The Bertz CT molecular complexity index is 575. The van der Waals surface area contributed by atoms with E-state index in [4.69, 9.17) is 0 Å². The van der Waals surface area contributed by atoms with Crippen LogP contribution in [-0.4, -0.2) is 62.5 Å². The predicted molar refractivity (Wildman–Crippen MR) is 101 cm³/mol. The molecule has 0 aromatic heterocycles. The lowest BCUT2D eigenvalue weighted by Gasteiger charge is -2.36. The van der Waals surface area contributed by atoms with E-state index in [-0.39, 0.29) is 17.2 Å². The van der Waals surface area contributed by atoms with Crippen molar-refractivity contribution in [1.29, 1.82) is 0 Å². The predicted octanol–water partition coefficient (Wildman–Crippen LogP) is 1.09. The van der Waals surface area contributed by atoms with Crippen LogP contribution < -0.4 is 15.5 Å². The van der Waals surface area contributed by atoms with Gasteiger partial charge in [-0.3, -0.25) is 14.5 Å². The van der Waals surface area contributed by atoms with Crippen molar-refractivity contribution >= 4 is 17.5 Å². The quantitative estimate of drug-likeness (QED) is 0.838. The van der Waals surface area contributed by atoms with Gasteiger partial charge in [-0.05, 0) is 17.5 Å². The van der Waals surface area contributed by atoms with Crippen LogP contribution in [0.2, 0.25) is 0 Å². The summed E-state index contributed by atoms with van der Waals surface area (Å²) in [5, 5.41) is 5.52. The number of piperazine rings is 1. The number of anilines is 1. The molecule has 1 atom stereocenters. The molecule has 1 fully saturated rings. The lowest BCUT2D eigenvalue weighted by atomic mass is 9.86. The Labute approximate surface area is 150 Å². The first kappa shape index (κ1) is 19.2. The van der Waals surface area contributed by atoms with Crippen LogP contribution in [0.15, 0.2) is 30.3 Å². The van der Waals surface area contributed by atoms with Crippen molar-refractivity contribution in [3.63, 3.8) is 0 Å². The zero-order chi connectivity index (χ0) is 18.4. The number of rotatable bonds is 5. The molecule has 0 aliphatic carbocycles. The largest absolute Gasteiger partial charge is 0.369 e. The van der Waals surface area contributed by atoms with E-state index in [2.05, 4.69) is 32.6 Å². The fraction of sp³-hybridized carbons (Fsp3) is 0.579. The summed E-state index contributed by atoms with van der Waals surface area (Å²) in [6.45, 7) is 9.64. The number of para-hydroxylation sites is 1. The number of hydrogen-bond acceptors (Lipinski definition) is 4. The van der Waals surface area contributed by atoms with Crippen LogP contribution in [0.25, 0.3) is 0 Å². The van der Waals surface area contributed by atoms with Gasteiger partial charge in [0, 0.05) is 38.9 Å². The third kappa shape index (κ3) is 5.46. The molecule has 1 heterocycles. The maximum absolute atomic E-state index is 12.4. The molecule has 1 unspecified atom stereocenters. The smallest absolute Gasteiger partial charge is 0.242 e. The van der Waals surface area contributed by atoms with Crippen LogP contribution >= 0.6 is 0 Å². The van der Waals surface area contributed by atoms with Crippen molar-refractivity contribution in [3.8, 4) is 0 Å². The molecular formula is C19H30N4O2. The molecule has 1 aromatic rings. The van der Waals surface area contributed by atoms with Crippen LogP contribution in [-0.2, 0) is 9.59 Å². The number of benzene rings is 1. The van der Waals surface area contributed by atoms with Gasteiger partial charge in [0.2, 0.25) is 11.8 Å². The Morgan fingerprint density at radius 3 is 2.20 bits per heavy atom. The SMILES string of the molecule is CNC(=O)C(NC(=O)CN1CCN(c2ccccc2)CC1)C(C)(C)C. The second-order valence-corrected chi connectivity index (χ2v) is 7.58. The highest BCUT2D eigenvalue weighted by atomic mass is 16.2. The Morgan fingerprint density at radius 2 is 1.68 bits per heavy atom. The fourth-order valence-corrected chi connectivity index (χ4v) is 3.03. The van der Waals surface area contributed by atoms with Crippen LogP contribution in [0.5, 0.6) is 0 Å². The molecule has 6 heteroatoms. The molecular weight excluding hydrogens is 316 g/mol. The number of likely N-dealkylation sites (N-methyl/N-ethyl adjacent to an activating group) is 1. The van der Waals surface area contributed by atoms with E-state index in [0.717, 1.165) is 26.2 Å². The molecule has 138 valence electrons. The Morgan fingerprint density at radius 1 is 1.08 bits per heavy atom. The van der Waals surface area contributed by atoms with E-state index in [0.29, 0.717) is 6.54 Å². The molecule has 1 aromatic carbocycles. The first-order valence-corrected chi connectivity index (χ1v) is 8.84. The lowest BCUT2D eigenvalue weighted by molar-refractivity contribution is -0.131. The topological polar surface area (TPSA) is 64.7 Å². The summed E-state index contributed by atoms with van der Waals surface area (Å²) >= 11 is 0. The maximum Gasteiger partial charge on any atom is 0.242 e. The summed E-state index contributed by atoms with van der Waals surface area (Å²) in [4.78, 5) is 28.9. The molecule has 0 radical (unpaired) electrons. The minimum absolute atomic E-state index is 0.100. The first-order valence-electron chi connectivity index (χ1n) is 8.84. The number of carbonyl (C=O) groups excluding carboxylic acids is 2. The van der Waals surface area contributed by atoms with E-state index < -0.39 is 6.04 Å². The molecule has 1 aliphatic heterocycles. The molecule has 25 heavy (non-hydrogen) atoms. The molecule has 1 aliphatic rings. The normalized spacial score (nSPS) is 17.0. The standard InChI is InChI=1S/C19H30N4O2/c1-19(2,3)17(18(25)20-4)21-16(24)14-22-10-12-23(13-11-22)15-8-6-5-7-9-15/h5-9,17H,10-14H2,1-4H3,(H,20,25)(H,21,24). The molecule has 6 nitrogen and oxygen atoms in total. The molecule has 1 saturated heterocycles. The molecule has 2 amide bonds. The maximum atomic E-state index is 12.4. The van der Waals surface area contributed by atoms with Crippen LogP contribution in [0.3, 0.4) is 0 Å². The monoisotopic (exact) mass is 346 g/mol. The highest BCUT2D eigenvalue weighted by Gasteiger charge is 2.32. The zero-order valence-corrected chi connectivity index (χ0v) is 15.7. The van der Waals surface area contributed by atoms with E-state index in [1.807, 2.05) is 39.0 Å². The third-order valence-electron chi connectivity index (χ3n) is 4.54. The van der Waals surface area contributed by atoms with Crippen molar-refractivity contribution in [2.24, 2.45) is 5.41 Å².